The molecule has 6 heteroatoms. The van der Waals surface area contributed by atoms with E-state index in [-0.39, 0.29) is 17.8 Å². The molecule has 0 N–H and O–H groups in total. The van der Waals surface area contributed by atoms with Gasteiger partial charge in [0.15, 0.2) is 5.78 Å². The van der Waals surface area contributed by atoms with Gasteiger partial charge in [0, 0.05) is 11.6 Å². The largest absolute Gasteiger partial charge is 0.297 e. The fourth-order valence-electron chi connectivity index (χ4n) is 4.57. The summed E-state index contributed by atoms with van der Waals surface area (Å²) in [6.07, 6.45) is 10.2. The smallest absolute Gasteiger partial charge is 0.261 e. The van der Waals surface area contributed by atoms with Crippen LogP contribution in [0.15, 0.2) is 34.8 Å². The molecule has 1 saturated carbocycles. The zero-order valence-electron chi connectivity index (χ0n) is 17.1. The number of aromatic nitrogens is 3. The third-order valence-corrected chi connectivity index (χ3v) is 6.80. The predicted octanol–water partition coefficient (Wildman–Crippen LogP) is 4.79. The Morgan fingerprint density at radius 1 is 1.21 bits per heavy atom. The van der Waals surface area contributed by atoms with Crippen LogP contribution < -0.4 is 5.56 Å². The molecule has 3 aromatic rings. The highest BCUT2D eigenvalue weighted by Gasteiger charge is 2.28. The van der Waals surface area contributed by atoms with E-state index in [0.29, 0.717) is 17.7 Å². The molecule has 0 saturated heterocycles. The van der Waals surface area contributed by atoms with Crippen molar-refractivity contribution in [2.45, 2.75) is 64.8 Å². The molecule has 4 rings (SSSR count). The maximum atomic E-state index is 13.4. The highest BCUT2D eigenvalue weighted by molar-refractivity contribution is 7.09. The number of carbonyl (C=O) groups is 1. The summed E-state index contributed by atoms with van der Waals surface area (Å²) in [6.45, 7) is 3.95. The van der Waals surface area contributed by atoms with E-state index in [1.165, 1.54) is 30.6 Å². The van der Waals surface area contributed by atoms with Gasteiger partial charge in [-0.3, -0.25) is 14.2 Å². The van der Waals surface area contributed by atoms with Crippen molar-refractivity contribution in [3.63, 3.8) is 0 Å². The first-order chi connectivity index (χ1) is 14.0. The molecule has 1 unspecified atom stereocenters. The summed E-state index contributed by atoms with van der Waals surface area (Å²) in [4.78, 5) is 35.5. The van der Waals surface area contributed by atoms with Gasteiger partial charge in [0.2, 0.25) is 0 Å². The zero-order valence-corrected chi connectivity index (χ0v) is 17.9. The monoisotopic (exact) mass is 409 g/mol. The van der Waals surface area contributed by atoms with Gasteiger partial charge in [-0.05, 0) is 43.4 Å². The van der Waals surface area contributed by atoms with Crippen molar-refractivity contribution in [3.05, 3.63) is 56.5 Å². The average Bonchev–Trinajstić information content (AvgIpc) is 3.21. The molecular formula is C23H27N3O2S. The number of ketones is 1. The Hall–Kier alpha value is -2.34. The minimum absolute atomic E-state index is 0.0538. The van der Waals surface area contributed by atoms with Crippen molar-refractivity contribution < 1.29 is 4.79 Å². The molecule has 5 nitrogen and oxygen atoms in total. The highest BCUT2D eigenvalue weighted by atomic mass is 32.1. The molecule has 1 aliphatic rings. The van der Waals surface area contributed by atoms with E-state index in [9.17, 15) is 9.59 Å². The van der Waals surface area contributed by atoms with E-state index < -0.39 is 6.04 Å². The maximum absolute atomic E-state index is 13.4. The van der Waals surface area contributed by atoms with Crippen LogP contribution >= 0.6 is 11.3 Å². The zero-order chi connectivity index (χ0) is 20.4. The molecule has 29 heavy (non-hydrogen) atoms. The summed E-state index contributed by atoms with van der Waals surface area (Å²) in [5.41, 5.74) is 2.63. The first-order valence-corrected chi connectivity index (χ1v) is 11.3. The number of thiazole rings is 1. The first kappa shape index (κ1) is 20.0. The van der Waals surface area contributed by atoms with Crippen LogP contribution in [-0.2, 0) is 11.2 Å². The third-order valence-electron chi connectivity index (χ3n) is 6.02. The fraction of sp³-hybridized carbons (Fsp3) is 0.478. The molecule has 0 radical (unpaired) electrons. The Kier molecular flexibility index (Phi) is 5.90. The van der Waals surface area contributed by atoms with Gasteiger partial charge in [0.25, 0.3) is 5.56 Å². The van der Waals surface area contributed by atoms with Crippen molar-refractivity contribution in [2.75, 3.05) is 0 Å². The van der Waals surface area contributed by atoms with Crippen LogP contribution in [0.4, 0.5) is 0 Å². The van der Waals surface area contributed by atoms with Crippen molar-refractivity contribution >= 4 is 28.0 Å². The minimum Gasteiger partial charge on any atom is -0.297 e. The number of fused-ring (bicyclic) bond motifs is 1. The van der Waals surface area contributed by atoms with Gasteiger partial charge >= 0.3 is 0 Å². The number of aryl methyl sites for hydroxylation is 2. The summed E-state index contributed by atoms with van der Waals surface area (Å²) in [5, 5.41) is 3.28. The molecule has 2 aromatic heterocycles. The quantitative estimate of drug-likeness (QED) is 0.587. The van der Waals surface area contributed by atoms with Gasteiger partial charge in [0.05, 0.1) is 34.7 Å². The molecule has 1 atom stereocenters. The lowest BCUT2D eigenvalue weighted by molar-refractivity contribution is -0.122. The Labute approximate surface area is 174 Å². The average molecular weight is 410 g/mol. The van der Waals surface area contributed by atoms with Gasteiger partial charge in [-0.2, -0.15) is 0 Å². The Morgan fingerprint density at radius 2 is 2.00 bits per heavy atom. The molecule has 0 amide bonds. The topological polar surface area (TPSA) is 64.8 Å². The van der Waals surface area contributed by atoms with E-state index in [4.69, 9.17) is 0 Å². The Balaban J connectivity index is 1.74. The summed E-state index contributed by atoms with van der Waals surface area (Å²) in [6, 6.07) is 3.44. The second kappa shape index (κ2) is 8.57. The van der Waals surface area contributed by atoms with Crippen LogP contribution in [0.5, 0.6) is 0 Å². The number of benzene rings is 1. The molecule has 0 spiro atoms. The van der Waals surface area contributed by atoms with E-state index in [1.54, 1.807) is 17.1 Å². The van der Waals surface area contributed by atoms with Crippen molar-refractivity contribution in [1.82, 2.24) is 14.5 Å². The summed E-state index contributed by atoms with van der Waals surface area (Å²) < 4.78 is 1.59. The fourth-order valence-corrected chi connectivity index (χ4v) is 5.20. The van der Waals surface area contributed by atoms with Crippen LogP contribution in [-0.4, -0.2) is 20.3 Å². The summed E-state index contributed by atoms with van der Waals surface area (Å²) >= 11 is 1.49. The standard InChI is InChI=1S/C23H27N3O2S/c1-15-10-16(2)22-18(11-15)23(28)26(14-25-22)19(12-17-6-4-3-5-7-17)20(27)13-21-24-8-9-29-21/h8-11,14,17,19H,3-7,12-13H2,1-2H3. The van der Waals surface area contributed by atoms with Gasteiger partial charge in [-0.15, -0.1) is 11.3 Å². The van der Waals surface area contributed by atoms with Gasteiger partial charge in [0.1, 0.15) is 0 Å². The summed E-state index contributed by atoms with van der Waals surface area (Å²) in [5.74, 6) is 0.536. The third kappa shape index (κ3) is 4.32. The lowest BCUT2D eigenvalue weighted by Gasteiger charge is -2.27. The molecule has 1 aliphatic carbocycles. The van der Waals surface area contributed by atoms with Crippen molar-refractivity contribution in [3.8, 4) is 0 Å². The number of nitrogens with zero attached hydrogens (tertiary/aromatic N) is 3. The molecule has 2 heterocycles. The molecular weight excluding hydrogens is 382 g/mol. The lowest BCUT2D eigenvalue weighted by Crippen LogP contribution is -2.33. The predicted molar refractivity (Wildman–Crippen MR) is 117 cm³/mol. The maximum Gasteiger partial charge on any atom is 0.261 e. The molecule has 0 aliphatic heterocycles. The normalized spacial score (nSPS) is 16.2. The SMILES string of the molecule is Cc1cc(C)c2ncn(C(CC3CCCCC3)C(=O)Cc3nccs3)c(=O)c2c1. The number of hydrogen-bond acceptors (Lipinski definition) is 5. The van der Waals surface area contributed by atoms with E-state index in [2.05, 4.69) is 9.97 Å². The van der Waals surface area contributed by atoms with Crippen LogP contribution in [0.25, 0.3) is 10.9 Å². The number of carbonyl (C=O) groups excluding carboxylic acids is 1. The van der Waals surface area contributed by atoms with E-state index in [1.807, 2.05) is 31.4 Å². The van der Waals surface area contributed by atoms with Gasteiger partial charge in [-0.25, -0.2) is 9.97 Å². The first-order valence-electron chi connectivity index (χ1n) is 10.4. The highest BCUT2D eigenvalue weighted by Crippen LogP contribution is 2.31. The van der Waals surface area contributed by atoms with E-state index in [0.717, 1.165) is 34.5 Å². The number of hydrogen-bond donors (Lipinski definition) is 0. The van der Waals surface area contributed by atoms with Crippen LogP contribution in [0, 0.1) is 19.8 Å². The van der Waals surface area contributed by atoms with Gasteiger partial charge < -0.3 is 0 Å². The summed E-state index contributed by atoms with van der Waals surface area (Å²) in [7, 11) is 0. The van der Waals surface area contributed by atoms with Crippen LogP contribution in [0.2, 0.25) is 0 Å². The second-order valence-electron chi connectivity index (χ2n) is 8.26. The van der Waals surface area contributed by atoms with Gasteiger partial charge in [-0.1, -0.05) is 38.2 Å². The van der Waals surface area contributed by atoms with Crippen molar-refractivity contribution in [1.29, 1.82) is 0 Å². The molecule has 1 aromatic carbocycles. The lowest BCUT2D eigenvalue weighted by atomic mass is 9.83. The van der Waals surface area contributed by atoms with Crippen molar-refractivity contribution in [2.24, 2.45) is 5.92 Å². The van der Waals surface area contributed by atoms with Crippen LogP contribution in [0.1, 0.15) is 60.7 Å². The Morgan fingerprint density at radius 3 is 2.72 bits per heavy atom. The molecule has 152 valence electrons. The second-order valence-corrected chi connectivity index (χ2v) is 9.24. The number of rotatable bonds is 6. The minimum atomic E-state index is -0.479. The van der Waals surface area contributed by atoms with E-state index >= 15 is 0 Å². The van der Waals surface area contributed by atoms with Crippen LogP contribution in [0.3, 0.4) is 0 Å². The molecule has 1 fully saturated rings. The molecule has 0 bridgehead atoms. The Bertz CT molecular complexity index is 1070. The number of Topliss-reactive ketones (excluding diaryl/α,β-unsaturated/α-hetero) is 1.